The number of carbonyl (C=O) groups excluding carboxylic acids is 4. The minimum atomic E-state index is -1.09. The Balaban J connectivity index is 1.60. The summed E-state index contributed by atoms with van der Waals surface area (Å²) in [4.78, 5) is 52.5. The van der Waals surface area contributed by atoms with Crippen molar-refractivity contribution in [1.82, 2.24) is 15.5 Å². The van der Waals surface area contributed by atoms with Crippen LogP contribution in [0.3, 0.4) is 0 Å². The van der Waals surface area contributed by atoms with Crippen LogP contribution in [0.1, 0.15) is 36.9 Å². The first-order valence-electron chi connectivity index (χ1n) is 13.4. The van der Waals surface area contributed by atoms with E-state index < -0.39 is 47.5 Å². The zero-order valence-corrected chi connectivity index (χ0v) is 24.6. The molecule has 0 radical (unpaired) electrons. The Morgan fingerprint density at radius 3 is 2.67 bits per heavy atom. The fourth-order valence-corrected chi connectivity index (χ4v) is 5.39. The van der Waals surface area contributed by atoms with Gasteiger partial charge < -0.3 is 34.5 Å². The Morgan fingerprint density at radius 1 is 1.14 bits per heavy atom. The highest BCUT2D eigenvalue weighted by molar-refractivity contribution is 7.12. The van der Waals surface area contributed by atoms with Gasteiger partial charge in [-0.2, -0.15) is 0 Å². The molecule has 1 fully saturated rings. The quantitative estimate of drug-likeness (QED) is 0.500. The van der Waals surface area contributed by atoms with Crippen LogP contribution in [-0.4, -0.2) is 86.0 Å². The Labute approximate surface area is 246 Å². The van der Waals surface area contributed by atoms with Gasteiger partial charge >= 0.3 is 12.1 Å². The normalized spacial score (nSPS) is 22.4. The molecule has 0 spiro atoms. The first kappa shape index (κ1) is 31.0. The van der Waals surface area contributed by atoms with E-state index in [2.05, 4.69) is 10.6 Å². The molecule has 1 aromatic carbocycles. The molecule has 1 aromatic heterocycles. The van der Waals surface area contributed by atoms with Crippen LogP contribution >= 0.6 is 11.3 Å². The second kappa shape index (κ2) is 13.3. The lowest BCUT2D eigenvalue weighted by atomic mass is 10.1. The number of nitrogens with zero attached hydrogens (tertiary/aromatic N) is 1. The first-order valence-corrected chi connectivity index (χ1v) is 14.2. The molecule has 4 bridgehead atoms. The number of methoxy groups -OCH3 is 1. The van der Waals surface area contributed by atoms with Crippen molar-refractivity contribution in [3.63, 3.8) is 0 Å². The summed E-state index contributed by atoms with van der Waals surface area (Å²) in [5.41, 5.74) is 0.386. The third-order valence-electron chi connectivity index (χ3n) is 6.44. The van der Waals surface area contributed by atoms with E-state index in [0.29, 0.717) is 22.4 Å². The van der Waals surface area contributed by atoms with Crippen LogP contribution in [0, 0.1) is 5.82 Å². The molecule has 226 valence electrons. The average Bonchev–Trinajstić information content (AvgIpc) is 3.56. The maximum atomic E-state index is 14.6. The van der Waals surface area contributed by atoms with Crippen molar-refractivity contribution >= 4 is 35.2 Å². The minimum absolute atomic E-state index is 0.0159. The molecule has 4 rings (SSSR count). The maximum absolute atomic E-state index is 14.6. The Bertz CT molecular complexity index is 1350. The zero-order chi connectivity index (χ0) is 30.4. The molecule has 2 N–H and O–H groups in total. The molecule has 3 amide bonds. The van der Waals surface area contributed by atoms with Gasteiger partial charge in [0.05, 0.1) is 37.3 Å². The number of hydrogen-bond donors (Lipinski definition) is 2. The summed E-state index contributed by atoms with van der Waals surface area (Å²) in [7, 11) is 1.20. The highest BCUT2D eigenvalue weighted by Crippen LogP contribution is 2.30. The van der Waals surface area contributed by atoms with Crippen molar-refractivity contribution in [3.8, 4) is 16.9 Å². The SMILES string of the molecule is COC(=O)[C@@H]1COC/C=C\C(=O)N2C[C@@H](NC(=O)OC(C)(C)C)C[C@H]2COc2cc(F)cc(c2)-c2csc(c2)C(=O)N1. The van der Waals surface area contributed by atoms with Crippen LogP contribution in [-0.2, 0) is 23.8 Å². The molecule has 0 saturated carbocycles. The van der Waals surface area contributed by atoms with Gasteiger partial charge in [-0.3, -0.25) is 9.59 Å². The van der Waals surface area contributed by atoms with Crippen LogP contribution in [0.2, 0.25) is 0 Å². The molecule has 2 aromatic rings. The van der Waals surface area contributed by atoms with E-state index in [1.54, 1.807) is 43.2 Å². The van der Waals surface area contributed by atoms with Crippen LogP contribution in [0.5, 0.6) is 5.75 Å². The standard InChI is InChI=1S/C29H34FN3O8S/c1-29(2,3)41-28(37)31-20-12-21-14-40-22-9-17(8-19(30)11-22)18-10-24(42-16-18)26(35)32-23(27(36)38-4)15-39-7-5-6-25(34)33(21)13-20/h5-6,8-11,16,20-21,23H,7,12-15H2,1-4H3,(H,31,37)(H,32,35)/b6-5-/t20-,21-,23-/m0/s1. The van der Waals surface area contributed by atoms with Gasteiger partial charge in [-0.1, -0.05) is 6.08 Å². The summed E-state index contributed by atoms with van der Waals surface area (Å²) in [5.74, 6) is -1.86. The number of fused-ring (bicyclic) bond motifs is 6. The predicted octanol–water partition coefficient (Wildman–Crippen LogP) is 3.29. The van der Waals surface area contributed by atoms with Gasteiger partial charge in [-0.25, -0.2) is 14.0 Å². The summed E-state index contributed by atoms with van der Waals surface area (Å²) in [6.07, 6.45) is 2.61. The van der Waals surface area contributed by atoms with E-state index in [0.717, 1.165) is 11.3 Å². The highest BCUT2D eigenvalue weighted by atomic mass is 32.1. The molecule has 2 aliphatic rings. The molecule has 3 heterocycles. The van der Waals surface area contributed by atoms with E-state index in [4.69, 9.17) is 18.9 Å². The number of nitrogens with one attached hydrogen (secondary N) is 2. The number of hydrogen-bond acceptors (Lipinski definition) is 9. The molecule has 2 aliphatic heterocycles. The number of benzene rings is 1. The summed E-state index contributed by atoms with van der Waals surface area (Å²) in [6, 6.07) is 3.88. The first-order chi connectivity index (χ1) is 19.9. The third kappa shape index (κ3) is 8.29. The summed E-state index contributed by atoms with van der Waals surface area (Å²) < 4.78 is 36.3. The van der Waals surface area contributed by atoms with Gasteiger partial charge in [0.15, 0.2) is 6.04 Å². The number of amides is 3. The number of halogens is 1. The highest BCUT2D eigenvalue weighted by Gasteiger charge is 2.36. The molecule has 1 saturated heterocycles. The predicted molar refractivity (Wildman–Crippen MR) is 152 cm³/mol. The lowest BCUT2D eigenvalue weighted by Gasteiger charge is -2.23. The molecule has 0 unspecified atom stereocenters. The summed E-state index contributed by atoms with van der Waals surface area (Å²) in [5, 5.41) is 7.11. The Morgan fingerprint density at radius 2 is 1.93 bits per heavy atom. The number of ether oxygens (including phenoxy) is 4. The number of carbonyl (C=O) groups is 4. The number of rotatable bonds is 2. The lowest BCUT2D eigenvalue weighted by Crippen LogP contribution is -2.44. The van der Waals surface area contributed by atoms with E-state index >= 15 is 0 Å². The number of thiophene rings is 1. The lowest BCUT2D eigenvalue weighted by molar-refractivity contribution is -0.144. The van der Waals surface area contributed by atoms with Gasteiger partial charge in [-0.15, -0.1) is 11.3 Å². The summed E-state index contributed by atoms with van der Waals surface area (Å²) >= 11 is 1.14. The summed E-state index contributed by atoms with van der Waals surface area (Å²) in [6.45, 7) is 5.32. The molecule has 11 nitrogen and oxygen atoms in total. The third-order valence-corrected chi connectivity index (χ3v) is 7.37. The number of alkyl carbamates (subject to hydrolysis) is 1. The molecule has 13 heteroatoms. The molecule has 0 aliphatic carbocycles. The van der Waals surface area contributed by atoms with Gasteiger partial charge in [0.25, 0.3) is 5.91 Å². The van der Waals surface area contributed by atoms with E-state index in [9.17, 15) is 23.6 Å². The van der Waals surface area contributed by atoms with Crippen molar-refractivity contribution in [2.75, 3.05) is 33.5 Å². The zero-order valence-electron chi connectivity index (χ0n) is 23.8. The van der Waals surface area contributed by atoms with Crippen LogP contribution in [0.15, 0.2) is 41.8 Å². The number of esters is 1. The molecular weight excluding hydrogens is 569 g/mol. The Kier molecular flexibility index (Phi) is 9.84. The van der Waals surface area contributed by atoms with Gasteiger partial charge in [0.1, 0.15) is 23.8 Å². The average molecular weight is 604 g/mol. The topological polar surface area (TPSA) is 132 Å². The van der Waals surface area contributed by atoms with Crippen molar-refractivity contribution in [2.24, 2.45) is 0 Å². The second-order valence-electron chi connectivity index (χ2n) is 10.9. The molecular formula is C29H34FN3O8S. The van der Waals surface area contributed by atoms with Crippen LogP contribution in [0.4, 0.5) is 9.18 Å². The molecule has 42 heavy (non-hydrogen) atoms. The van der Waals surface area contributed by atoms with Gasteiger partial charge in [0, 0.05) is 18.7 Å². The van der Waals surface area contributed by atoms with E-state index in [1.807, 2.05) is 0 Å². The van der Waals surface area contributed by atoms with Gasteiger partial charge in [0.2, 0.25) is 5.91 Å². The smallest absolute Gasteiger partial charge is 0.407 e. The van der Waals surface area contributed by atoms with Gasteiger partial charge in [-0.05, 0) is 61.9 Å². The van der Waals surface area contributed by atoms with Crippen molar-refractivity contribution < 1.29 is 42.5 Å². The van der Waals surface area contributed by atoms with Crippen LogP contribution < -0.4 is 15.4 Å². The molecule has 3 atom stereocenters. The van der Waals surface area contributed by atoms with Crippen molar-refractivity contribution in [1.29, 1.82) is 0 Å². The van der Waals surface area contributed by atoms with Crippen molar-refractivity contribution in [3.05, 3.63) is 52.5 Å². The monoisotopic (exact) mass is 603 g/mol. The Hall–Kier alpha value is -3.97. The fraction of sp³-hybridized carbons (Fsp3) is 0.448. The van der Waals surface area contributed by atoms with Crippen molar-refractivity contribution in [2.45, 2.75) is 50.9 Å². The second-order valence-corrected chi connectivity index (χ2v) is 11.8. The van der Waals surface area contributed by atoms with E-state index in [-0.39, 0.29) is 38.0 Å². The van der Waals surface area contributed by atoms with E-state index in [1.165, 1.54) is 31.4 Å². The fourth-order valence-electron chi connectivity index (χ4n) is 4.57. The maximum Gasteiger partial charge on any atom is 0.407 e. The van der Waals surface area contributed by atoms with Crippen LogP contribution in [0.25, 0.3) is 11.1 Å². The minimum Gasteiger partial charge on any atom is -0.491 e. The largest absolute Gasteiger partial charge is 0.491 e.